The highest BCUT2D eigenvalue weighted by Crippen LogP contribution is 2.35. The molecular weight excluding hydrogens is 455 g/mol. The molecule has 6 nitrogen and oxygen atoms in total. The molecule has 2 aromatic rings. The first-order valence-electron chi connectivity index (χ1n) is 9.57. The van der Waals surface area contributed by atoms with Crippen LogP contribution in [0.2, 0.25) is 5.02 Å². The van der Waals surface area contributed by atoms with E-state index in [1.165, 1.54) is 18.4 Å². The lowest BCUT2D eigenvalue weighted by atomic mass is 9.95. The van der Waals surface area contributed by atoms with Crippen LogP contribution in [0.5, 0.6) is 0 Å². The Bertz CT molecular complexity index is 916. The number of nitrogens with zero attached hydrogens (tertiary/aromatic N) is 2. The fraction of sp³-hybridized carbons (Fsp3) is 0.450. The second kappa shape index (κ2) is 9.86. The average Bonchev–Trinajstić information content (AvgIpc) is 3.27. The summed E-state index contributed by atoms with van der Waals surface area (Å²) in [6.45, 7) is 0.855. The van der Waals surface area contributed by atoms with Gasteiger partial charge in [0.1, 0.15) is 5.82 Å². The topological polar surface area (TPSA) is 71.5 Å². The Morgan fingerprint density at radius 2 is 2.10 bits per heavy atom. The number of rotatable bonds is 6. The Morgan fingerprint density at radius 3 is 2.65 bits per heavy atom. The van der Waals surface area contributed by atoms with Gasteiger partial charge >= 0.3 is 12.1 Å². The number of amides is 1. The van der Waals surface area contributed by atoms with Crippen LogP contribution in [0.25, 0.3) is 0 Å². The third kappa shape index (κ3) is 5.88. The lowest BCUT2D eigenvalue weighted by Gasteiger charge is -2.33. The predicted molar refractivity (Wildman–Crippen MR) is 111 cm³/mol. The highest BCUT2D eigenvalue weighted by atomic mass is 35.5. The molecule has 1 N–H and O–H groups in total. The number of pyridine rings is 1. The van der Waals surface area contributed by atoms with E-state index in [1.54, 1.807) is 4.90 Å². The number of alkyl halides is 3. The number of aromatic nitrogens is 1. The number of thiophene rings is 1. The van der Waals surface area contributed by atoms with Gasteiger partial charge in [-0.05, 0) is 30.4 Å². The summed E-state index contributed by atoms with van der Waals surface area (Å²) in [6.07, 6.45) is -2.74. The molecule has 0 aliphatic carbocycles. The SMILES string of the molecule is COC(=O)CC(NC(=O)C1CCN(c2ncc(C(F)(F)F)cc2Cl)CC1)c1cccs1. The fourth-order valence-corrected chi connectivity index (χ4v) is 4.49. The average molecular weight is 476 g/mol. The summed E-state index contributed by atoms with van der Waals surface area (Å²) in [7, 11) is 1.30. The molecule has 3 heterocycles. The van der Waals surface area contributed by atoms with E-state index in [0.717, 1.165) is 17.1 Å². The number of piperidine rings is 1. The first kappa shape index (κ1) is 23.3. The van der Waals surface area contributed by atoms with E-state index in [4.69, 9.17) is 16.3 Å². The van der Waals surface area contributed by atoms with Crippen LogP contribution in [0.15, 0.2) is 29.8 Å². The van der Waals surface area contributed by atoms with Gasteiger partial charge in [0.2, 0.25) is 5.91 Å². The van der Waals surface area contributed by atoms with Crippen LogP contribution in [0.1, 0.15) is 35.7 Å². The van der Waals surface area contributed by atoms with Crippen LogP contribution >= 0.6 is 22.9 Å². The van der Waals surface area contributed by atoms with Crippen LogP contribution in [0, 0.1) is 5.92 Å². The lowest BCUT2D eigenvalue weighted by Crippen LogP contribution is -2.42. The number of carbonyl (C=O) groups is 2. The monoisotopic (exact) mass is 475 g/mol. The van der Waals surface area contributed by atoms with Crippen LogP contribution in [0.4, 0.5) is 19.0 Å². The minimum Gasteiger partial charge on any atom is -0.469 e. The van der Waals surface area contributed by atoms with E-state index in [-0.39, 0.29) is 29.1 Å². The van der Waals surface area contributed by atoms with Gasteiger partial charge in [-0.25, -0.2) is 4.98 Å². The van der Waals surface area contributed by atoms with Crippen molar-refractivity contribution in [1.29, 1.82) is 0 Å². The minimum atomic E-state index is -4.51. The van der Waals surface area contributed by atoms with Gasteiger partial charge in [0.25, 0.3) is 0 Å². The van der Waals surface area contributed by atoms with Crippen molar-refractivity contribution >= 4 is 40.6 Å². The van der Waals surface area contributed by atoms with Gasteiger partial charge in [-0.3, -0.25) is 9.59 Å². The van der Waals surface area contributed by atoms with Crippen molar-refractivity contribution in [2.45, 2.75) is 31.5 Å². The Labute approximate surface area is 186 Å². The van der Waals surface area contributed by atoms with E-state index in [0.29, 0.717) is 25.9 Å². The van der Waals surface area contributed by atoms with E-state index >= 15 is 0 Å². The Morgan fingerprint density at radius 1 is 1.39 bits per heavy atom. The van der Waals surface area contributed by atoms with E-state index in [1.807, 2.05) is 17.5 Å². The molecule has 1 amide bonds. The molecule has 31 heavy (non-hydrogen) atoms. The lowest BCUT2D eigenvalue weighted by molar-refractivity contribution is -0.141. The van der Waals surface area contributed by atoms with Crippen LogP contribution < -0.4 is 10.2 Å². The molecule has 0 radical (unpaired) electrons. The highest BCUT2D eigenvalue weighted by Gasteiger charge is 2.33. The summed E-state index contributed by atoms with van der Waals surface area (Å²) in [4.78, 5) is 31.0. The Balaban J connectivity index is 1.61. The molecule has 2 aromatic heterocycles. The Kier molecular flexibility index (Phi) is 7.42. The molecule has 1 unspecified atom stereocenters. The summed E-state index contributed by atoms with van der Waals surface area (Å²) in [5.41, 5.74) is -0.902. The van der Waals surface area contributed by atoms with Gasteiger partial charge in [-0.1, -0.05) is 17.7 Å². The number of methoxy groups -OCH3 is 1. The van der Waals surface area contributed by atoms with Crippen molar-refractivity contribution in [1.82, 2.24) is 10.3 Å². The molecule has 1 fully saturated rings. The van der Waals surface area contributed by atoms with Crippen molar-refractivity contribution < 1.29 is 27.5 Å². The standard InChI is InChI=1S/C20H21ClF3N3O3S/c1-30-17(28)10-15(16-3-2-8-31-16)26-19(29)12-4-6-27(7-5-12)18-14(21)9-13(11-25-18)20(22,23)24/h2-3,8-9,11-12,15H,4-7,10H2,1H3,(H,26,29). The van der Waals surface area contributed by atoms with Crippen molar-refractivity contribution in [3.63, 3.8) is 0 Å². The van der Waals surface area contributed by atoms with Crippen LogP contribution in [-0.4, -0.2) is 37.1 Å². The second-order valence-corrected chi connectivity index (χ2v) is 8.53. The zero-order valence-corrected chi connectivity index (χ0v) is 18.2. The third-order valence-corrected chi connectivity index (χ3v) is 6.38. The van der Waals surface area contributed by atoms with Gasteiger partial charge in [-0.2, -0.15) is 13.2 Å². The molecule has 3 rings (SSSR count). The van der Waals surface area contributed by atoms with Crippen molar-refractivity contribution in [2.24, 2.45) is 5.92 Å². The van der Waals surface area contributed by atoms with Gasteiger partial charge in [0, 0.05) is 30.1 Å². The summed E-state index contributed by atoms with van der Waals surface area (Å²) in [5, 5.41) is 4.72. The second-order valence-electron chi connectivity index (χ2n) is 7.15. The third-order valence-electron chi connectivity index (χ3n) is 5.12. The van der Waals surface area contributed by atoms with Crippen molar-refractivity contribution in [2.75, 3.05) is 25.1 Å². The summed E-state index contributed by atoms with van der Waals surface area (Å²) >= 11 is 7.47. The van der Waals surface area contributed by atoms with Gasteiger partial charge < -0.3 is 15.0 Å². The zero-order chi connectivity index (χ0) is 22.6. The molecule has 0 bridgehead atoms. The molecule has 1 saturated heterocycles. The largest absolute Gasteiger partial charge is 0.469 e. The molecule has 0 saturated carbocycles. The molecule has 11 heteroatoms. The number of ether oxygens (including phenoxy) is 1. The number of esters is 1. The maximum Gasteiger partial charge on any atom is 0.417 e. The zero-order valence-electron chi connectivity index (χ0n) is 16.6. The molecule has 1 aliphatic heterocycles. The molecule has 1 atom stereocenters. The molecule has 1 aliphatic rings. The first-order valence-corrected chi connectivity index (χ1v) is 10.8. The number of nitrogens with one attached hydrogen (secondary N) is 1. The van der Waals surface area contributed by atoms with Crippen LogP contribution in [-0.2, 0) is 20.5 Å². The van der Waals surface area contributed by atoms with Crippen LogP contribution in [0.3, 0.4) is 0 Å². The van der Waals surface area contributed by atoms with Gasteiger partial charge in [0.15, 0.2) is 0 Å². The summed E-state index contributed by atoms with van der Waals surface area (Å²) in [6, 6.07) is 4.08. The van der Waals surface area contributed by atoms with Crippen molar-refractivity contribution in [3.05, 3.63) is 45.2 Å². The maximum absolute atomic E-state index is 12.8. The highest BCUT2D eigenvalue weighted by molar-refractivity contribution is 7.10. The number of halogens is 4. The Hall–Kier alpha value is -2.33. The van der Waals surface area contributed by atoms with Gasteiger partial charge in [-0.15, -0.1) is 11.3 Å². The quantitative estimate of drug-likeness (QED) is 0.625. The fourth-order valence-electron chi connectivity index (χ4n) is 3.42. The first-order chi connectivity index (χ1) is 14.7. The summed E-state index contributed by atoms with van der Waals surface area (Å²) in [5.74, 6) is -0.606. The van der Waals surface area contributed by atoms with Gasteiger partial charge in [0.05, 0.1) is 30.2 Å². The number of anilines is 1. The van der Waals surface area contributed by atoms with E-state index in [2.05, 4.69) is 10.3 Å². The molecular formula is C20H21ClF3N3O3S. The number of hydrogen-bond acceptors (Lipinski definition) is 6. The maximum atomic E-state index is 12.8. The number of carbonyl (C=O) groups excluding carboxylic acids is 2. The van der Waals surface area contributed by atoms with E-state index < -0.39 is 23.8 Å². The number of hydrogen-bond donors (Lipinski definition) is 1. The molecule has 0 aromatic carbocycles. The van der Waals surface area contributed by atoms with Crippen molar-refractivity contribution in [3.8, 4) is 0 Å². The smallest absolute Gasteiger partial charge is 0.417 e. The summed E-state index contributed by atoms with van der Waals surface area (Å²) < 4.78 is 43.1. The molecule has 0 spiro atoms. The molecule has 168 valence electrons. The minimum absolute atomic E-state index is 0.0344. The van der Waals surface area contributed by atoms with E-state index in [9.17, 15) is 22.8 Å². The predicted octanol–water partition coefficient (Wildman–Crippen LogP) is 4.45. The normalized spacial score (nSPS) is 16.1.